The van der Waals surface area contributed by atoms with E-state index >= 15 is 8.78 Å². The lowest BCUT2D eigenvalue weighted by Gasteiger charge is -2.18. The third-order valence-corrected chi connectivity index (χ3v) is 10.3. The standard InChI is InChI=1S/C39H27F2N15O2/c1-54-31(17-49-53-54)27-16-47-39(56-19-21(12-43)51-37(27)56)45-14-25-23-10-35(58-33(23)7-5-29(25)41)34-9-22-24(28(40)4-6-32(22)57-34)13-44-38-46-15-26(30-3-2-8-48-52-30)36-50-20(11-42)18-55(36)38/h2-8,15-19,34-35H,9-10,13-14H2,1H3,(H,44,46)(H,45,47). The number of rotatable bonds is 9. The van der Waals surface area contributed by atoms with Crippen LogP contribution in [0.15, 0.2) is 73.6 Å². The van der Waals surface area contributed by atoms with Gasteiger partial charge in [-0.3, -0.25) is 8.80 Å². The smallest absolute Gasteiger partial charge is 0.208 e. The number of hydrogen-bond donors (Lipinski definition) is 2. The van der Waals surface area contributed by atoms with E-state index in [2.05, 4.69) is 63.2 Å². The monoisotopic (exact) mass is 775 g/mol. The Morgan fingerprint density at radius 1 is 0.759 bits per heavy atom. The average molecular weight is 776 g/mol. The van der Waals surface area contributed by atoms with E-state index in [0.717, 1.165) is 0 Å². The highest BCUT2D eigenvalue weighted by atomic mass is 19.1. The molecular weight excluding hydrogens is 749 g/mol. The van der Waals surface area contributed by atoms with E-state index < -0.39 is 23.8 Å². The first-order valence-electron chi connectivity index (χ1n) is 18.0. The summed E-state index contributed by atoms with van der Waals surface area (Å²) in [6.07, 6.45) is 9.15. The number of nitrogens with zero attached hydrogens (tertiary/aromatic N) is 13. The Balaban J connectivity index is 0.873. The van der Waals surface area contributed by atoms with Gasteiger partial charge in [0.05, 0.1) is 41.1 Å². The van der Waals surface area contributed by atoms with Crippen molar-refractivity contribution >= 4 is 23.2 Å². The zero-order chi connectivity index (χ0) is 39.5. The normalized spacial score (nSPS) is 15.4. The van der Waals surface area contributed by atoms with Gasteiger partial charge in [0.2, 0.25) is 11.9 Å². The highest BCUT2D eigenvalue weighted by Gasteiger charge is 2.39. The van der Waals surface area contributed by atoms with E-state index in [9.17, 15) is 10.5 Å². The number of fused-ring (bicyclic) bond motifs is 4. The maximum atomic E-state index is 15.6. The third kappa shape index (κ3) is 5.72. The Kier molecular flexibility index (Phi) is 8.07. The van der Waals surface area contributed by atoms with Gasteiger partial charge in [0.25, 0.3) is 0 Å². The van der Waals surface area contributed by atoms with Gasteiger partial charge in [0.15, 0.2) is 22.7 Å². The van der Waals surface area contributed by atoms with Gasteiger partial charge >= 0.3 is 0 Å². The van der Waals surface area contributed by atoms with Crippen molar-refractivity contribution in [3.05, 3.63) is 119 Å². The molecule has 2 atom stereocenters. The molecule has 2 aliphatic rings. The van der Waals surface area contributed by atoms with Gasteiger partial charge in [-0.05, 0) is 36.4 Å². The molecule has 0 saturated heterocycles. The molecule has 2 aromatic carbocycles. The molecule has 0 spiro atoms. The van der Waals surface area contributed by atoms with Crippen LogP contribution in [0, 0.1) is 34.3 Å². The molecule has 2 unspecified atom stereocenters. The molecule has 284 valence electrons. The lowest BCUT2D eigenvalue weighted by Crippen LogP contribution is -2.34. The number of benzene rings is 2. The number of halogens is 2. The number of imidazole rings is 2. The van der Waals surface area contributed by atoms with Crippen molar-refractivity contribution in [2.24, 2.45) is 7.05 Å². The molecule has 0 aliphatic carbocycles. The molecule has 8 aromatic rings. The van der Waals surface area contributed by atoms with Crippen LogP contribution in [0.5, 0.6) is 11.5 Å². The average Bonchev–Trinajstić information content (AvgIpc) is 4.09. The van der Waals surface area contributed by atoms with Crippen molar-refractivity contribution in [3.8, 4) is 46.2 Å². The fraction of sp³-hybridized carbons (Fsp3) is 0.179. The van der Waals surface area contributed by atoms with Gasteiger partial charge in [0, 0.05) is 73.8 Å². The van der Waals surface area contributed by atoms with Crippen LogP contribution >= 0.6 is 0 Å². The molecule has 17 nitrogen and oxygen atoms in total. The van der Waals surface area contributed by atoms with E-state index in [4.69, 9.17) is 9.47 Å². The molecule has 6 aromatic heterocycles. The molecule has 58 heavy (non-hydrogen) atoms. The van der Waals surface area contributed by atoms with Crippen LogP contribution < -0.4 is 20.1 Å². The van der Waals surface area contributed by atoms with E-state index in [0.29, 0.717) is 92.3 Å². The van der Waals surface area contributed by atoms with E-state index in [1.807, 2.05) is 0 Å². The summed E-state index contributed by atoms with van der Waals surface area (Å²) in [6, 6.07) is 13.6. The summed E-state index contributed by atoms with van der Waals surface area (Å²) in [6.45, 7) is 0.110. The SMILES string of the molecule is Cn1nncc1-c1cnc(NCc2c(F)ccc3c2CC(C2Cc4c(ccc(F)c4CNc4ncc(-c5cccnn5)c5nc(C#N)cn45)O2)O3)n2cc(C#N)nc12. The van der Waals surface area contributed by atoms with Gasteiger partial charge < -0.3 is 20.1 Å². The molecule has 0 saturated carbocycles. The molecule has 0 fully saturated rings. The van der Waals surface area contributed by atoms with Crippen molar-refractivity contribution in [3.63, 3.8) is 0 Å². The molecule has 0 radical (unpaired) electrons. The van der Waals surface area contributed by atoms with Gasteiger partial charge in [0.1, 0.15) is 47.5 Å². The fourth-order valence-corrected chi connectivity index (χ4v) is 7.56. The number of nitriles is 2. The number of hydrogen-bond acceptors (Lipinski definition) is 14. The van der Waals surface area contributed by atoms with E-state index in [1.165, 1.54) is 12.1 Å². The van der Waals surface area contributed by atoms with E-state index in [-0.39, 0.29) is 24.5 Å². The molecule has 0 bridgehead atoms. The van der Waals surface area contributed by atoms with Crippen LogP contribution in [0.25, 0.3) is 33.8 Å². The molecule has 19 heteroatoms. The third-order valence-electron chi connectivity index (χ3n) is 10.3. The predicted molar refractivity (Wildman–Crippen MR) is 200 cm³/mol. The van der Waals surface area contributed by atoms with Crippen LogP contribution in [-0.4, -0.2) is 66.1 Å². The fourth-order valence-electron chi connectivity index (χ4n) is 7.56. The lowest BCUT2D eigenvalue weighted by molar-refractivity contribution is 0.0845. The number of aromatic nitrogens is 11. The minimum absolute atomic E-state index is 0.0541. The summed E-state index contributed by atoms with van der Waals surface area (Å²) in [4.78, 5) is 18.0. The topological polar surface area (TPSA) is 207 Å². The van der Waals surface area contributed by atoms with Crippen LogP contribution in [0.2, 0.25) is 0 Å². The lowest BCUT2D eigenvalue weighted by atomic mass is 9.96. The zero-order valence-corrected chi connectivity index (χ0v) is 30.3. The Hall–Kier alpha value is -8.06. The maximum absolute atomic E-state index is 15.6. The summed E-state index contributed by atoms with van der Waals surface area (Å²) in [5, 5.41) is 41.7. The van der Waals surface area contributed by atoms with Gasteiger partial charge in [-0.2, -0.15) is 20.7 Å². The summed E-state index contributed by atoms with van der Waals surface area (Å²) in [7, 11) is 1.74. The second-order valence-electron chi connectivity index (χ2n) is 13.6. The first kappa shape index (κ1) is 34.4. The Bertz CT molecular complexity index is 3020. The van der Waals surface area contributed by atoms with E-state index in [1.54, 1.807) is 82.0 Å². The van der Waals surface area contributed by atoms with Crippen molar-refractivity contribution in [1.29, 1.82) is 10.5 Å². The molecule has 0 amide bonds. The maximum Gasteiger partial charge on any atom is 0.208 e. The van der Waals surface area contributed by atoms with Crippen molar-refractivity contribution in [1.82, 2.24) is 53.9 Å². The number of anilines is 2. The molecule has 2 N–H and O–H groups in total. The number of aryl methyl sites for hydroxylation is 1. The molecule has 10 rings (SSSR count). The Labute approximate surface area is 326 Å². The summed E-state index contributed by atoms with van der Waals surface area (Å²) < 4.78 is 48.7. The first-order chi connectivity index (χ1) is 28.4. The largest absolute Gasteiger partial charge is 0.486 e. The second kappa shape index (κ2) is 13.6. The highest BCUT2D eigenvalue weighted by molar-refractivity contribution is 5.77. The van der Waals surface area contributed by atoms with Gasteiger partial charge in [-0.1, -0.05) is 5.21 Å². The Morgan fingerprint density at radius 3 is 1.84 bits per heavy atom. The minimum Gasteiger partial charge on any atom is -0.486 e. The van der Waals surface area contributed by atoms with Crippen molar-refractivity contribution in [2.75, 3.05) is 10.6 Å². The van der Waals surface area contributed by atoms with Crippen LogP contribution in [0.4, 0.5) is 20.7 Å². The van der Waals surface area contributed by atoms with Crippen LogP contribution in [0.1, 0.15) is 33.6 Å². The highest BCUT2D eigenvalue weighted by Crippen LogP contribution is 2.41. The second-order valence-corrected chi connectivity index (χ2v) is 13.6. The first-order valence-corrected chi connectivity index (χ1v) is 18.0. The summed E-state index contributed by atoms with van der Waals surface area (Å²) in [5.41, 5.74) is 5.79. The Morgan fingerprint density at radius 2 is 1.33 bits per heavy atom. The quantitative estimate of drug-likeness (QED) is 0.206. The summed E-state index contributed by atoms with van der Waals surface area (Å²) >= 11 is 0. The number of ether oxygens (including phenoxy) is 2. The molecule has 8 heterocycles. The van der Waals surface area contributed by atoms with Crippen LogP contribution in [-0.2, 0) is 33.0 Å². The summed E-state index contributed by atoms with van der Waals surface area (Å²) in [5.74, 6) is 0.899. The minimum atomic E-state index is -0.486. The molecule has 2 aliphatic heterocycles. The van der Waals surface area contributed by atoms with Crippen LogP contribution in [0.3, 0.4) is 0 Å². The number of nitrogens with one attached hydrogen (secondary N) is 2. The predicted octanol–water partition coefficient (Wildman–Crippen LogP) is 4.58. The zero-order valence-electron chi connectivity index (χ0n) is 30.3. The van der Waals surface area contributed by atoms with Crippen molar-refractivity contribution < 1.29 is 18.3 Å². The molecular formula is C39H27F2N15O2. The van der Waals surface area contributed by atoms with Gasteiger partial charge in [-0.25, -0.2) is 33.4 Å². The van der Waals surface area contributed by atoms with Crippen molar-refractivity contribution in [2.45, 2.75) is 38.1 Å². The van der Waals surface area contributed by atoms with Gasteiger partial charge in [-0.15, -0.1) is 5.10 Å².